The van der Waals surface area contributed by atoms with Crippen molar-refractivity contribution in [2.45, 2.75) is 56.3 Å². The number of amides is 3. The monoisotopic (exact) mass is 523 g/mol. The number of fused-ring (bicyclic) bond motifs is 4. The lowest BCUT2D eigenvalue weighted by molar-refractivity contribution is 0.0297. The summed E-state index contributed by atoms with van der Waals surface area (Å²) in [6.45, 7) is 3.53. The smallest absolute Gasteiger partial charge is 0.324 e. The molecule has 0 bridgehead atoms. The molecule has 7 rings (SSSR count). The lowest BCUT2D eigenvalue weighted by Crippen LogP contribution is -2.45. The molecule has 2 saturated heterocycles. The number of aromatic nitrogens is 1. The largest absolute Gasteiger partial charge is 0.351 e. The summed E-state index contributed by atoms with van der Waals surface area (Å²) in [5.74, 6) is 0.918. The van der Waals surface area contributed by atoms with Gasteiger partial charge >= 0.3 is 6.03 Å². The molecule has 0 radical (unpaired) electrons. The summed E-state index contributed by atoms with van der Waals surface area (Å²) < 4.78 is 6.19. The molecule has 4 aliphatic rings. The Bertz CT molecular complexity index is 1400. The van der Waals surface area contributed by atoms with Crippen LogP contribution in [0.25, 0.3) is 0 Å². The van der Waals surface area contributed by atoms with Gasteiger partial charge in [0.15, 0.2) is 6.23 Å². The second kappa shape index (κ2) is 9.77. The van der Waals surface area contributed by atoms with Crippen LogP contribution in [-0.2, 0) is 11.3 Å². The number of carbonyl (C=O) groups excluding carboxylic acids is 2. The zero-order chi connectivity index (χ0) is 26.4. The highest BCUT2D eigenvalue weighted by Gasteiger charge is 2.56. The number of hydrogen-bond acceptors (Lipinski definition) is 5. The summed E-state index contributed by atoms with van der Waals surface area (Å²) in [5.41, 5.74) is 4.27. The minimum absolute atomic E-state index is 0.00528. The van der Waals surface area contributed by atoms with E-state index < -0.39 is 6.23 Å². The molecule has 2 aromatic carbocycles. The predicted molar refractivity (Wildman–Crippen MR) is 148 cm³/mol. The Balaban J connectivity index is 1.03. The van der Waals surface area contributed by atoms with Crippen LogP contribution >= 0.6 is 0 Å². The Morgan fingerprint density at radius 3 is 2.74 bits per heavy atom. The Hall–Kier alpha value is -3.75. The van der Waals surface area contributed by atoms with E-state index in [4.69, 9.17) is 4.74 Å². The second-order valence-corrected chi connectivity index (χ2v) is 11.3. The topological polar surface area (TPSA) is 86.8 Å². The van der Waals surface area contributed by atoms with Crippen LogP contribution in [0.2, 0.25) is 0 Å². The number of nitrogens with zero attached hydrogens (tertiary/aromatic N) is 3. The van der Waals surface area contributed by atoms with Crippen molar-refractivity contribution in [2.24, 2.45) is 0 Å². The van der Waals surface area contributed by atoms with Crippen molar-refractivity contribution in [2.75, 3.05) is 30.3 Å². The highest BCUT2D eigenvalue weighted by molar-refractivity contribution is 6.05. The van der Waals surface area contributed by atoms with Crippen molar-refractivity contribution in [1.82, 2.24) is 14.8 Å². The average Bonchev–Trinajstić information content (AvgIpc) is 3.74. The van der Waals surface area contributed by atoms with Gasteiger partial charge in [-0.25, -0.2) is 9.78 Å². The molecule has 8 heteroatoms. The minimum atomic E-state index is -0.440. The summed E-state index contributed by atoms with van der Waals surface area (Å²) in [6.07, 6.45) is 6.56. The highest BCUT2D eigenvalue weighted by atomic mass is 16.5. The van der Waals surface area contributed by atoms with E-state index in [1.807, 2.05) is 41.3 Å². The predicted octanol–water partition coefficient (Wildman–Crippen LogP) is 5.51. The Morgan fingerprint density at radius 2 is 1.90 bits per heavy atom. The van der Waals surface area contributed by atoms with E-state index in [0.717, 1.165) is 57.3 Å². The molecule has 8 nitrogen and oxygen atoms in total. The molecular weight excluding hydrogens is 490 g/mol. The van der Waals surface area contributed by atoms with Crippen molar-refractivity contribution in [1.29, 1.82) is 0 Å². The molecule has 2 atom stereocenters. The molecule has 1 saturated carbocycles. The quantitative estimate of drug-likeness (QED) is 0.460. The molecule has 3 aliphatic heterocycles. The van der Waals surface area contributed by atoms with Gasteiger partial charge in [0, 0.05) is 30.4 Å². The minimum Gasteiger partial charge on any atom is -0.351 e. The van der Waals surface area contributed by atoms with Crippen molar-refractivity contribution >= 4 is 23.4 Å². The molecule has 39 heavy (non-hydrogen) atoms. The van der Waals surface area contributed by atoms with E-state index in [1.165, 1.54) is 11.1 Å². The number of anilines is 2. The van der Waals surface area contributed by atoms with E-state index in [9.17, 15) is 9.59 Å². The van der Waals surface area contributed by atoms with E-state index >= 15 is 0 Å². The maximum absolute atomic E-state index is 13.4. The fourth-order valence-electron chi connectivity index (χ4n) is 6.97. The van der Waals surface area contributed by atoms with Crippen LogP contribution in [0.4, 0.5) is 16.3 Å². The van der Waals surface area contributed by atoms with Gasteiger partial charge in [-0.1, -0.05) is 49.2 Å². The van der Waals surface area contributed by atoms with Gasteiger partial charge in [0.1, 0.15) is 5.82 Å². The normalized spacial score (nSPS) is 23.3. The Morgan fingerprint density at radius 1 is 1.05 bits per heavy atom. The number of rotatable bonds is 5. The van der Waals surface area contributed by atoms with Crippen molar-refractivity contribution in [3.63, 3.8) is 0 Å². The van der Waals surface area contributed by atoms with Crippen LogP contribution < -0.4 is 10.6 Å². The van der Waals surface area contributed by atoms with Gasteiger partial charge in [0.05, 0.1) is 17.8 Å². The Labute approximate surface area is 228 Å². The van der Waals surface area contributed by atoms with Gasteiger partial charge in [0.25, 0.3) is 5.91 Å². The van der Waals surface area contributed by atoms with Crippen LogP contribution in [0.5, 0.6) is 0 Å². The van der Waals surface area contributed by atoms with Gasteiger partial charge in [-0.2, -0.15) is 0 Å². The van der Waals surface area contributed by atoms with Gasteiger partial charge < -0.3 is 15.0 Å². The van der Waals surface area contributed by atoms with Crippen LogP contribution in [0, 0.1) is 0 Å². The zero-order valence-corrected chi connectivity index (χ0v) is 21.9. The summed E-state index contributed by atoms with van der Waals surface area (Å²) in [4.78, 5) is 35.2. The van der Waals surface area contributed by atoms with Crippen molar-refractivity contribution in [3.8, 4) is 0 Å². The van der Waals surface area contributed by atoms with E-state index in [1.54, 1.807) is 6.20 Å². The molecule has 3 aromatic rings. The molecule has 3 fully saturated rings. The zero-order valence-electron chi connectivity index (χ0n) is 21.9. The number of hydrogen-bond donors (Lipinski definition) is 2. The van der Waals surface area contributed by atoms with Crippen LogP contribution in [0.15, 0.2) is 66.9 Å². The summed E-state index contributed by atoms with van der Waals surface area (Å²) in [5, 5.41) is 5.87. The standard InChI is InChI=1S/C31H33N5O3/c37-28-24-9-6-10-25(27(24)29-36(28)31(20-39-29)13-4-5-14-31)33-30(38)34-26-17-22(11-15-32-26)23-12-16-35(19-23)18-21-7-2-1-3-8-21/h1-3,6-11,15,17,23,29H,4-5,12-14,16,18-20H2,(H2,32,33,34,38). The first-order valence-electron chi connectivity index (χ1n) is 14.0. The third-order valence-electron chi connectivity index (χ3n) is 8.86. The van der Waals surface area contributed by atoms with Crippen LogP contribution in [0.1, 0.15) is 71.3 Å². The van der Waals surface area contributed by atoms with Crippen LogP contribution in [-0.4, -0.2) is 52.0 Å². The number of ether oxygens (including phenoxy) is 1. The van der Waals surface area contributed by atoms with E-state index in [2.05, 4.69) is 44.8 Å². The molecule has 1 aliphatic carbocycles. The van der Waals surface area contributed by atoms with Crippen molar-refractivity contribution in [3.05, 3.63) is 89.1 Å². The number of carbonyl (C=O) groups is 2. The van der Waals surface area contributed by atoms with E-state index in [0.29, 0.717) is 29.6 Å². The summed E-state index contributed by atoms with van der Waals surface area (Å²) in [6, 6.07) is 19.7. The maximum Gasteiger partial charge on any atom is 0.324 e. The summed E-state index contributed by atoms with van der Waals surface area (Å²) >= 11 is 0. The molecule has 2 N–H and O–H groups in total. The number of nitrogens with one attached hydrogen (secondary N) is 2. The first kappa shape index (κ1) is 24.3. The fraction of sp³-hybridized carbons (Fsp3) is 0.387. The van der Waals surface area contributed by atoms with Gasteiger partial charge in [-0.15, -0.1) is 0 Å². The van der Waals surface area contributed by atoms with Crippen molar-refractivity contribution < 1.29 is 14.3 Å². The first-order chi connectivity index (χ1) is 19.1. The second-order valence-electron chi connectivity index (χ2n) is 11.3. The molecule has 1 spiro atoms. The highest BCUT2D eigenvalue weighted by Crippen LogP contribution is 2.52. The average molecular weight is 524 g/mol. The number of benzene rings is 2. The first-order valence-corrected chi connectivity index (χ1v) is 14.0. The SMILES string of the molecule is O=C(Nc1cc(C2CCN(Cc3ccccc3)C2)ccn1)Nc1cccc2c1C1OCC3(CCCC3)N1C2=O. The van der Waals surface area contributed by atoms with E-state index in [-0.39, 0.29) is 17.5 Å². The lowest BCUT2D eigenvalue weighted by atomic mass is 9.97. The molecule has 4 heterocycles. The van der Waals surface area contributed by atoms with Gasteiger partial charge in [-0.3, -0.25) is 15.0 Å². The maximum atomic E-state index is 13.4. The molecular formula is C31H33N5O3. The molecule has 200 valence electrons. The summed E-state index contributed by atoms with van der Waals surface area (Å²) in [7, 11) is 0. The third kappa shape index (κ3) is 4.37. The van der Waals surface area contributed by atoms with Gasteiger partial charge in [-0.05, 0) is 67.1 Å². The third-order valence-corrected chi connectivity index (χ3v) is 8.86. The number of likely N-dealkylation sites (tertiary alicyclic amines) is 1. The van der Waals surface area contributed by atoms with Gasteiger partial charge in [0.2, 0.25) is 0 Å². The molecule has 3 amide bonds. The van der Waals surface area contributed by atoms with Crippen LogP contribution in [0.3, 0.4) is 0 Å². The number of urea groups is 1. The lowest BCUT2D eigenvalue weighted by Gasteiger charge is -2.32. The number of pyridine rings is 1. The Kier molecular flexibility index (Phi) is 6.09. The molecule has 1 aromatic heterocycles. The molecule has 2 unspecified atom stereocenters. The fourth-order valence-corrected chi connectivity index (χ4v) is 6.97.